The fourth-order valence-electron chi connectivity index (χ4n) is 2.94. The molecular formula is C18H29F2IN4O2. The Morgan fingerprint density at radius 3 is 2.59 bits per heavy atom. The minimum absolute atomic E-state index is 0. The third-order valence-corrected chi connectivity index (χ3v) is 4.55. The van der Waals surface area contributed by atoms with Crippen molar-refractivity contribution in [3.63, 3.8) is 0 Å². The number of nitrogens with zero attached hydrogens (tertiary/aromatic N) is 2. The van der Waals surface area contributed by atoms with E-state index in [2.05, 4.69) is 32.3 Å². The monoisotopic (exact) mass is 498 g/mol. The van der Waals surface area contributed by atoms with Crippen LogP contribution in [-0.4, -0.2) is 58.3 Å². The first kappa shape index (κ1) is 23.7. The summed E-state index contributed by atoms with van der Waals surface area (Å²) in [7, 11) is 5.35. The van der Waals surface area contributed by atoms with E-state index in [-0.39, 0.29) is 29.7 Å². The molecule has 1 heterocycles. The molecule has 154 valence electrons. The molecule has 1 saturated heterocycles. The van der Waals surface area contributed by atoms with Crippen molar-refractivity contribution in [1.29, 1.82) is 0 Å². The van der Waals surface area contributed by atoms with Gasteiger partial charge in [0.15, 0.2) is 5.96 Å². The van der Waals surface area contributed by atoms with Gasteiger partial charge < -0.3 is 25.0 Å². The zero-order chi connectivity index (χ0) is 18.9. The van der Waals surface area contributed by atoms with Crippen LogP contribution in [0.2, 0.25) is 0 Å². The molecule has 2 N–H and O–H groups in total. The SMILES string of the molecule is CN=C(NCc1cc(OC)ccc1OC(F)F)NCC1CCN(C)CC1.I. The second-order valence-corrected chi connectivity index (χ2v) is 6.41. The van der Waals surface area contributed by atoms with Crippen molar-refractivity contribution < 1.29 is 18.3 Å². The minimum atomic E-state index is -2.87. The highest BCUT2D eigenvalue weighted by Gasteiger charge is 2.17. The molecule has 0 aliphatic carbocycles. The van der Waals surface area contributed by atoms with E-state index in [0.29, 0.717) is 29.7 Å². The zero-order valence-electron chi connectivity index (χ0n) is 16.0. The van der Waals surface area contributed by atoms with E-state index in [1.54, 1.807) is 19.2 Å². The van der Waals surface area contributed by atoms with E-state index in [4.69, 9.17) is 4.74 Å². The van der Waals surface area contributed by atoms with Gasteiger partial charge in [0.25, 0.3) is 0 Å². The maximum atomic E-state index is 12.6. The van der Waals surface area contributed by atoms with Crippen molar-refractivity contribution in [3.8, 4) is 11.5 Å². The summed E-state index contributed by atoms with van der Waals surface area (Å²) < 4.78 is 34.9. The number of hydrogen-bond acceptors (Lipinski definition) is 4. The molecule has 0 amide bonds. The number of nitrogens with one attached hydrogen (secondary N) is 2. The number of aliphatic imine (C=N–C) groups is 1. The Bertz CT molecular complexity index is 597. The lowest BCUT2D eigenvalue weighted by molar-refractivity contribution is -0.0504. The van der Waals surface area contributed by atoms with Crippen molar-refractivity contribution in [1.82, 2.24) is 15.5 Å². The summed E-state index contributed by atoms with van der Waals surface area (Å²) in [5.74, 6) is 1.95. The fourth-order valence-corrected chi connectivity index (χ4v) is 2.94. The van der Waals surface area contributed by atoms with Crippen molar-refractivity contribution >= 4 is 29.9 Å². The highest BCUT2D eigenvalue weighted by atomic mass is 127. The molecule has 0 atom stereocenters. The molecule has 1 aromatic rings. The van der Waals surface area contributed by atoms with E-state index >= 15 is 0 Å². The average Bonchev–Trinajstić information content (AvgIpc) is 2.64. The molecule has 1 aliphatic heterocycles. The summed E-state index contributed by atoms with van der Waals surface area (Å²) in [6.07, 6.45) is 2.31. The van der Waals surface area contributed by atoms with Crippen LogP contribution in [0.1, 0.15) is 18.4 Å². The fraction of sp³-hybridized carbons (Fsp3) is 0.611. The van der Waals surface area contributed by atoms with E-state index < -0.39 is 6.61 Å². The Kier molecular flexibility index (Phi) is 10.7. The van der Waals surface area contributed by atoms with Crippen LogP contribution in [-0.2, 0) is 6.54 Å². The van der Waals surface area contributed by atoms with Crippen molar-refractivity contribution in [2.75, 3.05) is 40.8 Å². The van der Waals surface area contributed by atoms with Gasteiger partial charge in [-0.05, 0) is 57.1 Å². The van der Waals surface area contributed by atoms with Gasteiger partial charge in [0, 0.05) is 25.7 Å². The van der Waals surface area contributed by atoms with Gasteiger partial charge >= 0.3 is 6.61 Å². The normalized spacial score (nSPS) is 16.0. The predicted octanol–water partition coefficient (Wildman–Crippen LogP) is 2.92. The molecule has 1 aliphatic rings. The van der Waals surface area contributed by atoms with Crippen LogP contribution in [0.3, 0.4) is 0 Å². The van der Waals surface area contributed by atoms with Gasteiger partial charge in [0.1, 0.15) is 11.5 Å². The topological polar surface area (TPSA) is 58.1 Å². The summed E-state index contributed by atoms with van der Waals surface area (Å²) in [5, 5.41) is 6.46. The third kappa shape index (κ3) is 8.04. The average molecular weight is 498 g/mol. The van der Waals surface area contributed by atoms with Gasteiger partial charge in [-0.3, -0.25) is 4.99 Å². The lowest BCUT2D eigenvalue weighted by Crippen LogP contribution is -2.42. The lowest BCUT2D eigenvalue weighted by Gasteiger charge is -2.29. The van der Waals surface area contributed by atoms with Crippen molar-refractivity contribution in [2.24, 2.45) is 10.9 Å². The Balaban J connectivity index is 0.00000364. The summed E-state index contributed by atoms with van der Waals surface area (Å²) >= 11 is 0. The van der Waals surface area contributed by atoms with E-state index in [1.165, 1.54) is 13.2 Å². The molecule has 1 aromatic carbocycles. The number of piperidine rings is 1. The largest absolute Gasteiger partial charge is 0.497 e. The maximum absolute atomic E-state index is 12.6. The van der Waals surface area contributed by atoms with Crippen LogP contribution in [0.5, 0.6) is 11.5 Å². The number of methoxy groups -OCH3 is 1. The van der Waals surface area contributed by atoms with Crippen molar-refractivity contribution in [2.45, 2.75) is 26.0 Å². The standard InChI is InChI=1S/C18H28F2N4O2.HI/c1-21-18(22-11-13-6-8-24(2)9-7-13)23-12-14-10-15(25-3)4-5-16(14)26-17(19)20;/h4-5,10,13,17H,6-9,11-12H2,1-3H3,(H2,21,22,23);1H. The number of benzene rings is 1. The molecule has 9 heteroatoms. The van der Waals surface area contributed by atoms with Gasteiger partial charge in [-0.1, -0.05) is 0 Å². The van der Waals surface area contributed by atoms with Crippen LogP contribution in [0.15, 0.2) is 23.2 Å². The molecule has 6 nitrogen and oxygen atoms in total. The van der Waals surface area contributed by atoms with Gasteiger partial charge in [-0.25, -0.2) is 0 Å². The Labute approximate surface area is 176 Å². The Morgan fingerprint density at radius 1 is 1.30 bits per heavy atom. The third-order valence-electron chi connectivity index (χ3n) is 4.55. The maximum Gasteiger partial charge on any atom is 0.387 e. The molecular weight excluding hydrogens is 469 g/mol. The number of rotatable bonds is 7. The number of likely N-dealkylation sites (tertiary alicyclic amines) is 1. The first-order valence-corrected chi connectivity index (χ1v) is 8.76. The minimum Gasteiger partial charge on any atom is -0.497 e. The van der Waals surface area contributed by atoms with Crippen LogP contribution in [0.25, 0.3) is 0 Å². The number of guanidine groups is 1. The van der Waals surface area contributed by atoms with Gasteiger partial charge in [0.2, 0.25) is 0 Å². The Morgan fingerprint density at radius 2 is 2.00 bits per heavy atom. The highest BCUT2D eigenvalue weighted by molar-refractivity contribution is 14.0. The first-order valence-electron chi connectivity index (χ1n) is 8.76. The lowest BCUT2D eigenvalue weighted by atomic mass is 9.97. The Hall–Kier alpha value is -1.36. The molecule has 0 bridgehead atoms. The van der Waals surface area contributed by atoms with Crippen molar-refractivity contribution in [3.05, 3.63) is 23.8 Å². The summed E-state index contributed by atoms with van der Waals surface area (Å²) in [6.45, 7) is 0.481. The van der Waals surface area contributed by atoms with Crippen LogP contribution < -0.4 is 20.1 Å². The number of ether oxygens (including phenoxy) is 2. The zero-order valence-corrected chi connectivity index (χ0v) is 18.3. The van der Waals surface area contributed by atoms with Crippen LogP contribution in [0.4, 0.5) is 8.78 Å². The number of hydrogen-bond donors (Lipinski definition) is 2. The molecule has 0 unspecified atom stereocenters. The number of halogens is 3. The molecule has 2 rings (SSSR count). The smallest absolute Gasteiger partial charge is 0.387 e. The molecule has 1 fully saturated rings. The summed E-state index contributed by atoms with van der Waals surface area (Å²) in [5.41, 5.74) is 0.576. The van der Waals surface area contributed by atoms with Crippen LogP contribution >= 0.6 is 24.0 Å². The van der Waals surface area contributed by atoms with Gasteiger partial charge in [-0.15, -0.1) is 24.0 Å². The van der Waals surface area contributed by atoms with Gasteiger partial charge in [-0.2, -0.15) is 8.78 Å². The molecule has 0 saturated carbocycles. The highest BCUT2D eigenvalue weighted by Crippen LogP contribution is 2.25. The van der Waals surface area contributed by atoms with Crippen LogP contribution in [0, 0.1) is 5.92 Å². The summed E-state index contributed by atoms with van der Waals surface area (Å²) in [4.78, 5) is 6.53. The quantitative estimate of drug-likeness (QED) is 0.344. The second-order valence-electron chi connectivity index (χ2n) is 6.41. The van der Waals surface area contributed by atoms with E-state index in [1.807, 2.05) is 0 Å². The number of alkyl halides is 2. The molecule has 0 radical (unpaired) electrons. The van der Waals surface area contributed by atoms with E-state index in [0.717, 1.165) is 32.5 Å². The summed E-state index contributed by atoms with van der Waals surface area (Å²) in [6, 6.07) is 4.75. The second kappa shape index (κ2) is 12.2. The van der Waals surface area contributed by atoms with Gasteiger partial charge in [0.05, 0.1) is 7.11 Å². The molecule has 27 heavy (non-hydrogen) atoms. The van der Waals surface area contributed by atoms with E-state index in [9.17, 15) is 8.78 Å². The first-order chi connectivity index (χ1) is 12.5. The molecule has 0 aromatic heterocycles. The molecule has 0 spiro atoms. The predicted molar refractivity (Wildman–Crippen MR) is 113 cm³/mol.